The second-order valence-corrected chi connectivity index (χ2v) is 8.16. The largest absolute Gasteiger partial charge is 0.339 e. The zero-order chi connectivity index (χ0) is 13.8. The van der Waals surface area contributed by atoms with Crippen molar-refractivity contribution in [1.82, 2.24) is 15.5 Å². The zero-order valence-corrected chi connectivity index (χ0v) is 13.7. The van der Waals surface area contributed by atoms with Gasteiger partial charge in [-0.15, -0.1) is 11.8 Å². The van der Waals surface area contributed by atoms with Gasteiger partial charge in [0.15, 0.2) is 5.82 Å². The molecule has 1 N–H and O–H groups in total. The number of hydrogen-bond donors (Lipinski definition) is 1. The van der Waals surface area contributed by atoms with E-state index in [2.05, 4.69) is 17.4 Å². The molecule has 0 amide bonds. The third kappa shape index (κ3) is 3.02. The van der Waals surface area contributed by atoms with E-state index < -0.39 is 0 Å². The van der Waals surface area contributed by atoms with Gasteiger partial charge in [0, 0.05) is 23.8 Å². The van der Waals surface area contributed by atoms with Crippen LogP contribution in [0.25, 0.3) is 0 Å². The SMILES string of the molecule is CCCC1(c2nc(C3CSCCS3)no2)CCCNC1. The average molecular weight is 313 g/mol. The van der Waals surface area contributed by atoms with Gasteiger partial charge in [-0.2, -0.15) is 16.7 Å². The van der Waals surface area contributed by atoms with Crippen LogP contribution >= 0.6 is 23.5 Å². The summed E-state index contributed by atoms with van der Waals surface area (Å²) in [6.07, 6.45) is 4.66. The third-order valence-corrected chi connectivity index (χ3v) is 6.95. The van der Waals surface area contributed by atoms with E-state index in [1.54, 1.807) is 0 Å². The maximum atomic E-state index is 5.69. The predicted molar refractivity (Wildman–Crippen MR) is 85.5 cm³/mol. The Morgan fingerprint density at radius 1 is 1.45 bits per heavy atom. The highest BCUT2D eigenvalue weighted by atomic mass is 32.2. The molecule has 112 valence electrons. The van der Waals surface area contributed by atoms with Gasteiger partial charge in [0.05, 0.1) is 10.7 Å². The van der Waals surface area contributed by atoms with Crippen molar-refractivity contribution in [2.45, 2.75) is 43.3 Å². The quantitative estimate of drug-likeness (QED) is 0.922. The van der Waals surface area contributed by atoms with Crippen LogP contribution in [0.4, 0.5) is 0 Å². The Hall–Kier alpha value is -0.200. The predicted octanol–water partition coefficient (Wildman–Crippen LogP) is 3.01. The van der Waals surface area contributed by atoms with Gasteiger partial charge in [-0.05, 0) is 25.8 Å². The van der Waals surface area contributed by atoms with Crippen LogP contribution in [-0.4, -0.2) is 40.5 Å². The molecule has 2 aliphatic rings. The highest BCUT2D eigenvalue weighted by Gasteiger charge is 2.39. The number of thioether (sulfide) groups is 2. The van der Waals surface area contributed by atoms with E-state index in [1.165, 1.54) is 24.3 Å². The van der Waals surface area contributed by atoms with Gasteiger partial charge < -0.3 is 9.84 Å². The smallest absolute Gasteiger partial charge is 0.234 e. The van der Waals surface area contributed by atoms with Crippen molar-refractivity contribution < 1.29 is 4.52 Å². The molecule has 0 bridgehead atoms. The standard InChI is InChI=1S/C14H23N3OS2/c1-2-4-14(5-3-6-15-10-14)13-16-12(17-18-13)11-9-19-7-8-20-11/h11,15H,2-10H2,1H3. The van der Waals surface area contributed by atoms with E-state index >= 15 is 0 Å². The molecule has 0 saturated carbocycles. The molecule has 3 rings (SSSR count). The summed E-state index contributed by atoms with van der Waals surface area (Å²) < 4.78 is 5.69. The van der Waals surface area contributed by atoms with Crippen molar-refractivity contribution >= 4 is 23.5 Å². The maximum absolute atomic E-state index is 5.69. The fourth-order valence-electron chi connectivity index (χ4n) is 3.17. The van der Waals surface area contributed by atoms with Gasteiger partial charge in [0.2, 0.25) is 5.89 Å². The molecule has 0 aliphatic carbocycles. The summed E-state index contributed by atoms with van der Waals surface area (Å²) in [5.74, 6) is 5.34. The van der Waals surface area contributed by atoms with Crippen LogP contribution < -0.4 is 5.32 Å². The fourth-order valence-corrected chi connectivity index (χ4v) is 5.76. The van der Waals surface area contributed by atoms with Crippen molar-refractivity contribution in [2.24, 2.45) is 0 Å². The summed E-state index contributed by atoms with van der Waals surface area (Å²) in [5, 5.41) is 8.22. The van der Waals surface area contributed by atoms with Crippen LogP contribution in [0.5, 0.6) is 0 Å². The second-order valence-electron chi connectivity index (χ2n) is 5.70. The molecule has 2 fully saturated rings. The van der Waals surface area contributed by atoms with Crippen molar-refractivity contribution in [1.29, 1.82) is 0 Å². The molecule has 0 radical (unpaired) electrons. The minimum atomic E-state index is 0.0741. The van der Waals surface area contributed by atoms with E-state index in [-0.39, 0.29) is 5.41 Å². The average Bonchev–Trinajstić information content (AvgIpc) is 3.00. The molecule has 1 aromatic heterocycles. The van der Waals surface area contributed by atoms with E-state index in [0.717, 1.165) is 43.4 Å². The summed E-state index contributed by atoms with van der Waals surface area (Å²) in [7, 11) is 0. The van der Waals surface area contributed by atoms with Gasteiger partial charge in [-0.1, -0.05) is 18.5 Å². The Balaban J connectivity index is 1.79. The molecular formula is C14H23N3OS2. The first-order valence-corrected chi connectivity index (χ1v) is 9.78. The molecule has 2 unspecified atom stereocenters. The highest BCUT2D eigenvalue weighted by molar-refractivity contribution is 8.06. The lowest BCUT2D eigenvalue weighted by Crippen LogP contribution is -2.43. The lowest BCUT2D eigenvalue weighted by molar-refractivity contribution is 0.213. The highest BCUT2D eigenvalue weighted by Crippen LogP contribution is 2.38. The topological polar surface area (TPSA) is 51.0 Å². The second kappa shape index (κ2) is 6.71. The van der Waals surface area contributed by atoms with Crippen molar-refractivity contribution in [2.75, 3.05) is 30.3 Å². The Bertz CT molecular complexity index is 420. The molecule has 1 aromatic rings. The Morgan fingerprint density at radius 3 is 3.10 bits per heavy atom. The molecule has 0 spiro atoms. The van der Waals surface area contributed by atoms with Crippen molar-refractivity contribution in [3.05, 3.63) is 11.7 Å². The van der Waals surface area contributed by atoms with E-state index in [4.69, 9.17) is 9.51 Å². The minimum absolute atomic E-state index is 0.0741. The van der Waals surface area contributed by atoms with Crippen LogP contribution in [-0.2, 0) is 5.41 Å². The molecule has 2 saturated heterocycles. The molecule has 6 heteroatoms. The Morgan fingerprint density at radius 2 is 2.40 bits per heavy atom. The van der Waals surface area contributed by atoms with Gasteiger partial charge in [-0.3, -0.25) is 0 Å². The molecule has 20 heavy (non-hydrogen) atoms. The minimum Gasteiger partial charge on any atom is -0.339 e. The van der Waals surface area contributed by atoms with Gasteiger partial charge >= 0.3 is 0 Å². The molecular weight excluding hydrogens is 290 g/mol. The Kier molecular flexibility index (Phi) is 4.94. The molecule has 3 heterocycles. The first-order valence-electron chi connectivity index (χ1n) is 7.58. The summed E-state index contributed by atoms with van der Waals surface area (Å²) in [6, 6.07) is 0. The summed E-state index contributed by atoms with van der Waals surface area (Å²) >= 11 is 3.96. The number of nitrogens with zero attached hydrogens (tertiary/aromatic N) is 2. The number of aromatic nitrogens is 2. The van der Waals surface area contributed by atoms with Crippen LogP contribution in [0.1, 0.15) is 49.6 Å². The van der Waals surface area contributed by atoms with Gasteiger partial charge in [-0.25, -0.2) is 0 Å². The maximum Gasteiger partial charge on any atom is 0.234 e. The molecule has 2 atom stereocenters. The third-order valence-electron chi connectivity index (χ3n) is 4.20. The van der Waals surface area contributed by atoms with Gasteiger partial charge in [0.25, 0.3) is 0 Å². The van der Waals surface area contributed by atoms with Gasteiger partial charge in [0.1, 0.15) is 0 Å². The summed E-state index contributed by atoms with van der Waals surface area (Å²) in [4.78, 5) is 4.80. The van der Waals surface area contributed by atoms with E-state index in [9.17, 15) is 0 Å². The fraction of sp³-hybridized carbons (Fsp3) is 0.857. The van der Waals surface area contributed by atoms with E-state index in [1.807, 2.05) is 23.5 Å². The monoisotopic (exact) mass is 313 g/mol. The first-order chi connectivity index (χ1) is 9.84. The molecule has 0 aromatic carbocycles. The number of nitrogens with one attached hydrogen (secondary N) is 1. The lowest BCUT2D eigenvalue weighted by Gasteiger charge is -2.34. The molecule has 4 nitrogen and oxygen atoms in total. The van der Waals surface area contributed by atoms with Crippen LogP contribution in [0.15, 0.2) is 4.52 Å². The summed E-state index contributed by atoms with van der Waals surface area (Å²) in [6.45, 7) is 4.33. The van der Waals surface area contributed by atoms with E-state index in [0.29, 0.717) is 5.25 Å². The number of hydrogen-bond acceptors (Lipinski definition) is 6. The first kappa shape index (κ1) is 14.7. The van der Waals surface area contributed by atoms with Crippen molar-refractivity contribution in [3.63, 3.8) is 0 Å². The number of rotatable bonds is 4. The molecule has 2 aliphatic heterocycles. The summed E-state index contributed by atoms with van der Waals surface area (Å²) in [5.41, 5.74) is 0.0741. The van der Waals surface area contributed by atoms with Crippen LogP contribution in [0, 0.1) is 0 Å². The lowest BCUT2D eigenvalue weighted by atomic mass is 9.77. The van der Waals surface area contributed by atoms with Crippen LogP contribution in [0.3, 0.4) is 0 Å². The normalized spacial score (nSPS) is 31.4. The zero-order valence-electron chi connectivity index (χ0n) is 12.1. The number of piperidine rings is 1. The van der Waals surface area contributed by atoms with Crippen molar-refractivity contribution in [3.8, 4) is 0 Å². The van der Waals surface area contributed by atoms with Crippen LogP contribution in [0.2, 0.25) is 0 Å². The Labute approximate surface area is 129 Å².